The smallest absolute Gasteiger partial charge is 0.317 e. The highest BCUT2D eigenvalue weighted by Crippen LogP contribution is 2.34. The predicted molar refractivity (Wildman–Crippen MR) is 137 cm³/mol. The van der Waals surface area contributed by atoms with Crippen LogP contribution in [0.15, 0.2) is 47.5 Å². The lowest BCUT2D eigenvalue weighted by Crippen LogP contribution is -2.51. The van der Waals surface area contributed by atoms with Crippen LogP contribution in [0.4, 0.5) is 4.79 Å². The van der Waals surface area contributed by atoms with Crippen molar-refractivity contribution in [3.8, 4) is 17.6 Å². The Morgan fingerprint density at radius 3 is 2.67 bits per heavy atom. The SMILES string of the molecule is CC(C)NC(=O)N(C)C[C@@H]1Oc2cc(C#Cc3ccccn3)ccc2S(=O)(=O)N([C@H](C)CO)C[C@@H]1C. The van der Waals surface area contributed by atoms with Gasteiger partial charge < -0.3 is 20.1 Å². The maximum atomic E-state index is 13.6. The van der Waals surface area contributed by atoms with E-state index in [4.69, 9.17) is 4.74 Å². The molecule has 1 aliphatic heterocycles. The number of urea groups is 1. The number of nitrogens with zero attached hydrogens (tertiary/aromatic N) is 3. The van der Waals surface area contributed by atoms with Gasteiger partial charge in [-0.1, -0.05) is 18.9 Å². The van der Waals surface area contributed by atoms with Crippen molar-refractivity contribution >= 4 is 16.1 Å². The summed E-state index contributed by atoms with van der Waals surface area (Å²) in [7, 11) is -2.29. The Bertz CT molecular complexity index is 1220. The number of rotatable bonds is 5. The molecule has 1 aromatic heterocycles. The molecule has 0 bridgehead atoms. The quantitative estimate of drug-likeness (QED) is 0.593. The number of amides is 2. The highest BCUT2D eigenvalue weighted by molar-refractivity contribution is 7.89. The van der Waals surface area contributed by atoms with Crippen molar-refractivity contribution in [3.05, 3.63) is 53.9 Å². The van der Waals surface area contributed by atoms with Gasteiger partial charge in [-0.3, -0.25) is 0 Å². The van der Waals surface area contributed by atoms with E-state index in [0.29, 0.717) is 11.3 Å². The minimum Gasteiger partial charge on any atom is -0.487 e. The molecule has 0 spiro atoms. The molecule has 2 aromatic rings. The average Bonchev–Trinajstić information content (AvgIpc) is 2.84. The Morgan fingerprint density at radius 1 is 1.28 bits per heavy atom. The molecule has 2 heterocycles. The molecule has 0 aliphatic carbocycles. The predicted octanol–water partition coefficient (Wildman–Crippen LogP) is 2.30. The fraction of sp³-hybridized carbons (Fsp3) is 0.462. The summed E-state index contributed by atoms with van der Waals surface area (Å²) >= 11 is 0. The zero-order valence-electron chi connectivity index (χ0n) is 21.3. The van der Waals surface area contributed by atoms with Crippen LogP contribution in [0.3, 0.4) is 0 Å². The Balaban J connectivity index is 2.03. The standard InChI is InChI=1S/C26H34N4O5S/c1-18(2)28-26(32)29(5)16-24-19(3)15-30(20(4)17-31)36(33,34)25-12-10-21(14-23(25)35-24)9-11-22-8-6-7-13-27-22/h6-8,10,12-14,18-20,24,31H,15-17H2,1-5H3,(H,28,32)/t19-,20+,24-/m0/s1. The number of hydrogen-bond donors (Lipinski definition) is 2. The molecule has 0 unspecified atom stereocenters. The lowest BCUT2D eigenvalue weighted by Gasteiger charge is -2.37. The number of aromatic nitrogens is 1. The first-order valence-corrected chi connectivity index (χ1v) is 13.3. The van der Waals surface area contributed by atoms with Crippen molar-refractivity contribution in [2.75, 3.05) is 26.7 Å². The topological polar surface area (TPSA) is 112 Å². The fourth-order valence-corrected chi connectivity index (χ4v) is 5.63. The Morgan fingerprint density at radius 2 is 2.03 bits per heavy atom. The van der Waals surface area contributed by atoms with Gasteiger partial charge in [-0.05, 0) is 57.0 Å². The largest absolute Gasteiger partial charge is 0.487 e. The van der Waals surface area contributed by atoms with Gasteiger partial charge in [0.2, 0.25) is 10.0 Å². The molecule has 0 fully saturated rings. The first-order valence-electron chi connectivity index (χ1n) is 11.9. The Labute approximate surface area is 213 Å². The number of aliphatic hydroxyl groups is 1. The van der Waals surface area contributed by atoms with Gasteiger partial charge in [0, 0.05) is 43.4 Å². The van der Waals surface area contributed by atoms with Gasteiger partial charge in [0.25, 0.3) is 0 Å². The third-order valence-corrected chi connectivity index (χ3v) is 7.90. The lowest BCUT2D eigenvalue weighted by atomic mass is 10.0. The van der Waals surface area contributed by atoms with Crippen molar-refractivity contribution in [1.82, 2.24) is 19.5 Å². The van der Waals surface area contributed by atoms with Crippen LogP contribution >= 0.6 is 0 Å². The van der Waals surface area contributed by atoms with Crippen LogP contribution in [0.2, 0.25) is 0 Å². The molecule has 2 amide bonds. The summed E-state index contributed by atoms with van der Waals surface area (Å²) in [4.78, 5) is 18.2. The molecule has 36 heavy (non-hydrogen) atoms. The van der Waals surface area contributed by atoms with Crippen molar-refractivity contribution in [2.24, 2.45) is 5.92 Å². The molecular weight excluding hydrogens is 480 g/mol. The number of carbonyl (C=O) groups excluding carboxylic acids is 1. The van der Waals surface area contributed by atoms with E-state index in [2.05, 4.69) is 22.1 Å². The van der Waals surface area contributed by atoms with Crippen molar-refractivity contribution in [3.63, 3.8) is 0 Å². The van der Waals surface area contributed by atoms with E-state index in [1.807, 2.05) is 26.8 Å². The van der Waals surface area contributed by atoms with Crippen LogP contribution in [0.5, 0.6) is 5.75 Å². The van der Waals surface area contributed by atoms with Crippen LogP contribution in [0, 0.1) is 17.8 Å². The first kappa shape index (κ1) is 27.5. The van der Waals surface area contributed by atoms with Gasteiger partial charge in [-0.25, -0.2) is 18.2 Å². The second-order valence-corrected chi connectivity index (χ2v) is 11.2. The second kappa shape index (κ2) is 11.7. The zero-order valence-corrected chi connectivity index (χ0v) is 22.1. The van der Waals surface area contributed by atoms with E-state index < -0.39 is 22.2 Å². The molecule has 0 saturated carbocycles. The summed E-state index contributed by atoms with van der Waals surface area (Å²) in [6, 6.07) is 9.22. The summed E-state index contributed by atoms with van der Waals surface area (Å²) < 4.78 is 34.8. The Hall–Kier alpha value is -3.13. The number of likely N-dealkylation sites (N-methyl/N-ethyl adjacent to an activating group) is 1. The molecule has 3 atom stereocenters. The zero-order chi connectivity index (χ0) is 26.5. The van der Waals surface area contributed by atoms with Gasteiger partial charge in [-0.2, -0.15) is 4.31 Å². The van der Waals surface area contributed by atoms with Crippen LogP contribution in [-0.4, -0.2) is 78.7 Å². The van der Waals surface area contributed by atoms with Crippen LogP contribution in [0.1, 0.15) is 39.0 Å². The number of fused-ring (bicyclic) bond motifs is 1. The van der Waals surface area contributed by atoms with E-state index in [0.717, 1.165) is 0 Å². The monoisotopic (exact) mass is 514 g/mol. The number of pyridine rings is 1. The Kier molecular flexibility index (Phi) is 8.95. The number of hydrogen-bond acceptors (Lipinski definition) is 6. The molecule has 10 heteroatoms. The molecule has 2 N–H and O–H groups in total. The normalized spacial score (nSPS) is 20.1. The van der Waals surface area contributed by atoms with Crippen LogP contribution in [-0.2, 0) is 10.0 Å². The van der Waals surface area contributed by atoms with Gasteiger partial charge >= 0.3 is 6.03 Å². The molecule has 194 valence electrons. The van der Waals surface area contributed by atoms with Gasteiger partial charge in [0.1, 0.15) is 22.4 Å². The van der Waals surface area contributed by atoms with Gasteiger partial charge in [0.15, 0.2) is 0 Å². The molecule has 1 aliphatic rings. The molecule has 9 nitrogen and oxygen atoms in total. The second-order valence-electron chi connectivity index (χ2n) is 9.35. The van der Waals surface area contributed by atoms with E-state index in [9.17, 15) is 18.3 Å². The number of aliphatic hydroxyl groups excluding tert-OH is 1. The summed E-state index contributed by atoms with van der Waals surface area (Å²) in [5, 5.41) is 12.6. The fourth-order valence-electron chi connectivity index (χ4n) is 3.80. The minimum atomic E-state index is -3.96. The van der Waals surface area contributed by atoms with Gasteiger partial charge in [-0.15, -0.1) is 0 Å². The maximum absolute atomic E-state index is 13.6. The highest BCUT2D eigenvalue weighted by atomic mass is 32.2. The lowest BCUT2D eigenvalue weighted by molar-refractivity contribution is 0.0809. The van der Waals surface area contributed by atoms with E-state index in [-0.39, 0.29) is 48.3 Å². The van der Waals surface area contributed by atoms with E-state index in [1.165, 1.54) is 15.3 Å². The summed E-state index contributed by atoms with van der Waals surface area (Å²) in [5.41, 5.74) is 1.15. The molecule has 0 radical (unpaired) electrons. The summed E-state index contributed by atoms with van der Waals surface area (Å²) in [6.45, 7) is 7.35. The number of carbonyl (C=O) groups is 1. The van der Waals surface area contributed by atoms with Crippen LogP contribution < -0.4 is 10.1 Å². The van der Waals surface area contributed by atoms with Crippen molar-refractivity contribution in [1.29, 1.82) is 0 Å². The number of nitrogens with one attached hydrogen (secondary N) is 1. The molecule has 1 aromatic carbocycles. The summed E-state index contributed by atoms with van der Waals surface area (Å²) in [6.07, 6.45) is 1.14. The van der Waals surface area contributed by atoms with E-state index in [1.54, 1.807) is 44.4 Å². The third-order valence-electron chi connectivity index (χ3n) is 5.88. The highest BCUT2D eigenvalue weighted by Gasteiger charge is 2.38. The molecule has 0 saturated heterocycles. The number of benzene rings is 1. The average molecular weight is 515 g/mol. The summed E-state index contributed by atoms with van der Waals surface area (Å²) in [5.74, 6) is 5.86. The first-order chi connectivity index (χ1) is 17.0. The number of ether oxygens (including phenoxy) is 1. The van der Waals surface area contributed by atoms with Crippen LogP contribution in [0.25, 0.3) is 0 Å². The minimum absolute atomic E-state index is 0.00243. The van der Waals surface area contributed by atoms with E-state index >= 15 is 0 Å². The van der Waals surface area contributed by atoms with Crippen molar-refractivity contribution in [2.45, 2.75) is 50.8 Å². The number of sulfonamides is 1. The molecular formula is C26H34N4O5S. The maximum Gasteiger partial charge on any atom is 0.317 e. The van der Waals surface area contributed by atoms with Crippen molar-refractivity contribution < 1.29 is 23.1 Å². The molecule has 3 rings (SSSR count). The third kappa shape index (κ3) is 6.55. The van der Waals surface area contributed by atoms with Gasteiger partial charge in [0.05, 0.1) is 13.2 Å².